The van der Waals surface area contributed by atoms with Gasteiger partial charge < -0.3 is 9.30 Å². The fourth-order valence-corrected chi connectivity index (χ4v) is 2.77. The molecule has 0 amide bonds. The molecule has 0 radical (unpaired) electrons. The second kappa shape index (κ2) is 6.89. The van der Waals surface area contributed by atoms with Gasteiger partial charge in [-0.25, -0.2) is 9.78 Å². The van der Waals surface area contributed by atoms with E-state index < -0.39 is 5.97 Å². The number of nitrogens with zero attached hydrogens (tertiary/aromatic N) is 2. The Hall–Kier alpha value is -2.95. The van der Waals surface area contributed by atoms with Gasteiger partial charge in [0.2, 0.25) is 5.43 Å². The van der Waals surface area contributed by atoms with Crippen LogP contribution in [0.2, 0.25) is 0 Å². The maximum atomic E-state index is 12.7. The summed E-state index contributed by atoms with van der Waals surface area (Å²) in [6, 6.07) is 11.2. The molecule has 2 aromatic heterocycles. The Balaban J connectivity index is 1.95. The van der Waals surface area contributed by atoms with Crippen LogP contribution in [0.4, 0.5) is 0 Å². The van der Waals surface area contributed by atoms with Crippen molar-refractivity contribution < 1.29 is 9.53 Å². The number of rotatable bonds is 4. The molecule has 25 heavy (non-hydrogen) atoms. The maximum absolute atomic E-state index is 12.7. The molecule has 0 aliphatic carbocycles. The zero-order valence-corrected chi connectivity index (χ0v) is 14.6. The molecule has 0 aliphatic heterocycles. The van der Waals surface area contributed by atoms with E-state index in [1.165, 1.54) is 6.20 Å². The molecule has 0 spiro atoms. The lowest BCUT2D eigenvalue weighted by molar-refractivity contribution is 0.0470. The topological polar surface area (TPSA) is 61.2 Å². The lowest BCUT2D eigenvalue weighted by Crippen LogP contribution is -2.21. The van der Waals surface area contributed by atoms with Gasteiger partial charge in [0.25, 0.3) is 0 Å². The molecular weight excluding hydrogens is 316 g/mol. The number of aryl methyl sites for hydroxylation is 3. The SMILES string of the molecule is CCn1cc(C(=O)OCc2cccc(C)c2)c(=O)c2ccc(C)nc21. The zero-order valence-electron chi connectivity index (χ0n) is 14.6. The minimum atomic E-state index is -0.615. The highest BCUT2D eigenvalue weighted by molar-refractivity contribution is 5.93. The van der Waals surface area contributed by atoms with Crippen molar-refractivity contribution in [2.75, 3.05) is 0 Å². The molecule has 2 heterocycles. The van der Waals surface area contributed by atoms with Gasteiger partial charge in [-0.2, -0.15) is 0 Å². The van der Waals surface area contributed by atoms with Gasteiger partial charge in [-0.05, 0) is 38.5 Å². The third-order valence-corrected chi connectivity index (χ3v) is 4.07. The smallest absolute Gasteiger partial charge is 0.344 e. The molecule has 0 unspecified atom stereocenters. The maximum Gasteiger partial charge on any atom is 0.344 e. The Morgan fingerprint density at radius 2 is 2.00 bits per heavy atom. The third-order valence-electron chi connectivity index (χ3n) is 4.07. The fourth-order valence-electron chi connectivity index (χ4n) is 2.77. The van der Waals surface area contributed by atoms with Gasteiger partial charge in [-0.3, -0.25) is 4.79 Å². The number of esters is 1. The molecule has 3 rings (SSSR count). The first-order valence-electron chi connectivity index (χ1n) is 8.23. The highest BCUT2D eigenvalue weighted by Gasteiger charge is 2.17. The van der Waals surface area contributed by atoms with Crippen molar-refractivity contribution in [3.8, 4) is 0 Å². The fraction of sp³-hybridized carbons (Fsp3) is 0.250. The first kappa shape index (κ1) is 16.9. The van der Waals surface area contributed by atoms with Gasteiger partial charge >= 0.3 is 5.97 Å². The number of ether oxygens (including phenoxy) is 1. The van der Waals surface area contributed by atoms with Crippen LogP contribution >= 0.6 is 0 Å². The molecule has 0 fully saturated rings. The Bertz CT molecular complexity index is 1010. The summed E-state index contributed by atoms with van der Waals surface area (Å²) in [6.45, 7) is 6.52. The standard InChI is InChI=1S/C20H20N2O3/c1-4-22-11-17(18(23)16-9-8-14(3)21-19(16)22)20(24)25-12-15-7-5-6-13(2)10-15/h5-11H,4,12H2,1-3H3. The van der Waals surface area contributed by atoms with Crippen molar-refractivity contribution in [3.63, 3.8) is 0 Å². The largest absolute Gasteiger partial charge is 0.457 e. The average molecular weight is 336 g/mol. The molecule has 5 nitrogen and oxygen atoms in total. The normalized spacial score (nSPS) is 10.8. The van der Waals surface area contributed by atoms with E-state index in [9.17, 15) is 9.59 Å². The highest BCUT2D eigenvalue weighted by Crippen LogP contribution is 2.12. The Labute approximate surface area is 145 Å². The first-order chi connectivity index (χ1) is 12.0. The number of hydrogen-bond donors (Lipinski definition) is 0. The summed E-state index contributed by atoms with van der Waals surface area (Å²) >= 11 is 0. The second-order valence-corrected chi connectivity index (χ2v) is 6.05. The van der Waals surface area contributed by atoms with Crippen molar-refractivity contribution in [2.24, 2.45) is 0 Å². The molecule has 1 aromatic carbocycles. The van der Waals surface area contributed by atoms with E-state index in [0.29, 0.717) is 17.6 Å². The lowest BCUT2D eigenvalue weighted by atomic mass is 10.1. The number of pyridine rings is 2. The third kappa shape index (κ3) is 3.45. The van der Waals surface area contributed by atoms with Crippen molar-refractivity contribution in [1.82, 2.24) is 9.55 Å². The van der Waals surface area contributed by atoms with Crippen LogP contribution in [0, 0.1) is 13.8 Å². The number of hydrogen-bond acceptors (Lipinski definition) is 4. The van der Waals surface area contributed by atoms with E-state index in [0.717, 1.165) is 16.8 Å². The Morgan fingerprint density at radius 3 is 2.72 bits per heavy atom. The molecule has 0 aliphatic rings. The first-order valence-corrected chi connectivity index (χ1v) is 8.23. The molecule has 0 saturated heterocycles. The summed E-state index contributed by atoms with van der Waals surface area (Å²) in [7, 11) is 0. The van der Waals surface area contributed by atoms with Crippen LogP contribution in [0.25, 0.3) is 11.0 Å². The van der Waals surface area contributed by atoms with Crippen molar-refractivity contribution in [1.29, 1.82) is 0 Å². The summed E-state index contributed by atoms with van der Waals surface area (Å²) in [6.07, 6.45) is 1.54. The van der Waals surface area contributed by atoms with Crippen LogP contribution in [-0.4, -0.2) is 15.5 Å². The van der Waals surface area contributed by atoms with Gasteiger partial charge in [-0.15, -0.1) is 0 Å². The lowest BCUT2D eigenvalue weighted by Gasteiger charge is -2.11. The predicted molar refractivity (Wildman–Crippen MR) is 96.7 cm³/mol. The minimum absolute atomic E-state index is 0.0349. The number of carbonyl (C=O) groups excluding carboxylic acids is 1. The van der Waals surface area contributed by atoms with Crippen LogP contribution in [0.3, 0.4) is 0 Å². The molecule has 5 heteroatoms. The van der Waals surface area contributed by atoms with Crippen LogP contribution in [0.5, 0.6) is 0 Å². The summed E-state index contributed by atoms with van der Waals surface area (Å²) in [5, 5.41) is 0.428. The number of carbonyl (C=O) groups is 1. The number of aromatic nitrogens is 2. The van der Waals surface area contributed by atoms with Gasteiger partial charge in [-0.1, -0.05) is 29.8 Å². The van der Waals surface area contributed by atoms with Gasteiger partial charge in [0, 0.05) is 18.4 Å². The van der Waals surface area contributed by atoms with Crippen LogP contribution in [-0.2, 0) is 17.9 Å². The number of fused-ring (bicyclic) bond motifs is 1. The molecule has 0 bridgehead atoms. The average Bonchev–Trinajstić information content (AvgIpc) is 2.60. The van der Waals surface area contributed by atoms with Crippen LogP contribution in [0.15, 0.2) is 47.4 Å². The summed E-state index contributed by atoms with van der Waals surface area (Å²) in [4.78, 5) is 29.5. The molecule has 0 saturated carbocycles. The minimum Gasteiger partial charge on any atom is -0.457 e. The summed E-state index contributed by atoms with van der Waals surface area (Å²) in [5.74, 6) is -0.615. The Kier molecular flexibility index (Phi) is 4.65. The molecular formula is C20H20N2O3. The van der Waals surface area contributed by atoms with Gasteiger partial charge in [0.1, 0.15) is 17.8 Å². The van der Waals surface area contributed by atoms with E-state index in [2.05, 4.69) is 4.98 Å². The molecule has 128 valence electrons. The van der Waals surface area contributed by atoms with E-state index >= 15 is 0 Å². The van der Waals surface area contributed by atoms with Crippen molar-refractivity contribution in [3.05, 3.63) is 75.2 Å². The van der Waals surface area contributed by atoms with E-state index in [-0.39, 0.29) is 17.6 Å². The van der Waals surface area contributed by atoms with E-state index in [1.807, 2.05) is 45.0 Å². The molecule has 0 N–H and O–H groups in total. The summed E-state index contributed by atoms with van der Waals surface area (Å²) in [5.41, 5.74) is 3.08. The van der Waals surface area contributed by atoms with Gasteiger partial charge in [0.05, 0.1) is 5.39 Å². The number of benzene rings is 1. The Morgan fingerprint density at radius 1 is 1.20 bits per heavy atom. The van der Waals surface area contributed by atoms with E-state index in [1.54, 1.807) is 16.7 Å². The van der Waals surface area contributed by atoms with Crippen LogP contribution < -0.4 is 5.43 Å². The summed E-state index contributed by atoms with van der Waals surface area (Å²) < 4.78 is 7.15. The van der Waals surface area contributed by atoms with E-state index in [4.69, 9.17) is 4.74 Å². The molecule has 3 aromatic rings. The van der Waals surface area contributed by atoms with Crippen LogP contribution in [0.1, 0.15) is 34.1 Å². The highest BCUT2D eigenvalue weighted by atomic mass is 16.5. The predicted octanol–water partition coefficient (Wildman–Crippen LogP) is 3.39. The quantitative estimate of drug-likeness (QED) is 0.685. The van der Waals surface area contributed by atoms with Crippen molar-refractivity contribution >= 4 is 17.0 Å². The monoisotopic (exact) mass is 336 g/mol. The molecule has 0 atom stereocenters. The van der Waals surface area contributed by atoms with Gasteiger partial charge in [0.15, 0.2) is 0 Å². The van der Waals surface area contributed by atoms with Crippen molar-refractivity contribution in [2.45, 2.75) is 33.9 Å². The second-order valence-electron chi connectivity index (χ2n) is 6.05. The zero-order chi connectivity index (χ0) is 18.0.